The molecule has 0 heterocycles. The predicted molar refractivity (Wildman–Crippen MR) is 51.3 cm³/mol. The summed E-state index contributed by atoms with van der Waals surface area (Å²) in [4.78, 5) is 10.9. The second-order valence-electron chi connectivity index (χ2n) is 2.74. The fraction of sp³-hybridized carbons (Fsp3) is 0.400. The van der Waals surface area contributed by atoms with E-state index in [9.17, 15) is 4.79 Å². The van der Waals surface area contributed by atoms with Gasteiger partial charge in [0.05, 0.1) is 13.2 Å². The largest absolute Gasteiger partial charge is 0.459 e. The van der Waals surface area contributed by atoms with Crippen molar-refractivity contribution in [1.82, 2.24) is 0 Å². The maximum atomic E-state index is 10.9. The van der Waals surface area contributed by atoms with Crippen molar-refractivity contribution in [2.24, 2.45) is 0 Å². The lowest BCUT2D eigenvalue weighted by molar-refractivity contribution is -0.139. The van der Waals surface area contributed by atoms with E-state index in [0.717, 1.165) is 5.57 Å². The third-order valence-corrected chi connectivity index (χ3v) is 1.19. The van der Waals surface area contributed by atoms with Gasteiger partial charge < -0.3 is 9.47 Å². The van der Waals surface area contributed by atoms with Gasteiger partial charge in [-0.05, 0) is 6.92 Å². The van der Waals surface area contributed by atoms with Gasteiger partial charge in [-0.2, -0.15) is 5.26 Å². The van der Waals surface area contributed by atoms with E-state index in [2.05, 4.69) is 17.9 Å². The summed E-state index contributed by atoms with van der Waals surface area (Å²) in [6.07, 6.45) is 0. The van der Waals surface area contributed by atoms with E-state index in [4.69, 9.17) is 10.00 Å². The van der Waals surface area contributed by atoms with Crippen LogP contribution in [0.15, 0.2) is 24.3 Å². The highest BCUT2D eigenvalue weighted by Gasteiger charge is 2.06. The molecule has 0 aliphatic heterocycles. The number of carbonyl (C=O) groups is 1. The number of carbonyl (C=O) groups excluding carboxylic acids is 1. The molecular weight excluding hydrogens is 182 g/mol. The molecule has 0 N–H and O–H groups in total. The summed E-state index contributed by atoms with van der Waals surface area (Å²) >= 11 is 0. The molecule has 0 saturated carbocycles. The molecule has 0 bridgehead atoms. The molecule has 0 spiro atoms. The van der Waals surface area contributed by atoms with Crippen molar-refractivity contribution in [2.75, 3.05) is 19.8 Å². The van der Waals surface area contributed by atoms with E-state index in [-0.39, 0.29) is 18.8 Å². The van der Waals surface area contributed by atoms with Gasteiger partial charge in [-0.15, -0.1) is 0 Å². The number of esters is 1. The first kappa shape index (κ1) is 12.4. The van der Waals surface area contributed by atoms with Crippen LogP contribution in [-0.4, -0.2) is 25.8 Å². The third-order valence-electron chi connectivity index (χ3n) is 1.19. The lowest BCUT2D eigenvalue weighted by Crippen LogP contribution is -2.11. The molecule has 0 aromatic carbocycles. The summed E-state index contributed by atoms with van der Waals surface area (Å²) in [5.41, 5.74) is 0.697. The predicted octanol–water partition coefficient (Wildman–Crippen LogP) is 1.20. The summed E-state index contributed by atoms with van der Waals surface area (Å²) in [6, 6.07) is 1.60. The van der Waals surface area contributed by atoms with E-state index in [0.29, 0.717) is 6.61 Å². The monoisotopic (exact) mass is 195 g/mol. The quantitative estimate of drug-likeness (QED) is 0.210. The van der Waals surface area contributed by atoms with Crippen LogP contribution in [0, 0.1) is 11.3 Å². The Balaban J connectivity index is 3.47. The molecule has 76 valence electrons. The Bertz CT molecular complexity index is 276. The van der Waals surface area contributed by atoms with Crippen LogP contribution in [0.5, 0.6) is 0 Å². The van der Waals surface area contributed by atoms with Gasteiger partial charge in [0.2, 0.25) is 0 Å². The second-order valence-corrected chi connectivity index (χ2v) is 2.74. The molecule has 0 aliphatic rings. The SMILES string of the molecule is C=C(C)COCCOC(=O)C(=C)C#N. The van der Waals surface area contributed by atoms with Crippen molar-refractivity contribution >= 4 is 5.97 Å². The molecule has 0 amide bonds. The van der Waals surface area contributed by atoms with E-state index in [1.165, 1.54) is 0 Å². The topological polar surface area (TPSA) is 59.3 Å². The fourth-order valence-corrected chi connectivity index (χ4v) is 0.572. The van der Waals surface area contributed by atoms with Crippen LogP contribution in [0.25, 0.3) is 0 Å². The Morgan fingerprint density at radius 1 is 1.43 bits per heavy atom. The van der Waals surface area contributed by atoms with E-state index in [1.54, 1.807) is 6.07 Å². The average Bonchev–Trinajstić information content (AvgIpc) is 2.15. The Morgan fingerprint density at radius 2 is 2.07 bits per heavy atom. The molecule has 4 heteroatoms. The Labute approximate surface area is 83.4 Å². The van der Waals surface area contributed by atoms with Crippen LogP contribution in [0.2, 0.25) is 0 Å². The van der Waals surface area contributed by atoms with Gasteiger partial charge in [-0.3, -0.25) is 0 Å². The molecule has 0 aromatic heterocycles. The number of hydrogen-bond donors (Lipinski definition) is 0. The summed E-state index contributed by atoms with van der Waals surface area (Å²) in [5.74, 6) is -0.702. The molecule has 0 radical (unpaired) electrons. The van der Waals surface area contributed by atoms with Crippen LogP contribution < -0.4 is 0 Å². The normalized spacial score (nSPS) is 8.86. The van der Waals surface area contributed by atoms with Crippen molar-refractivity contribution in [3.8, 4) is 6.07 Å². The van der Waals surface area contributed by atoms with Crippen LogP contribution in [0.1, 0.15) is 6.92 Å². The van der Waals surface area contributed by atoms with Gasteiger partial charge in [-0.1, -0.05) is 18.7 Å². The molecule has 0 aliphatic carbocycles. The first-order chi connectivity index (χ1) is 6.57. The van der Waals surface area contributed by atoms with Crippen LogP contribution in [0.4, 0.5) is 0 Å². The van der Waals surface area contributed by atoms with E-state index < -0.39 is 5.97 Å². The fourth-order valence-electron chi connectivity index (χ4n) is 0.572. The lowest BCUT2D eigenvalue weighted by Gasteiger charge is -2.04. The van der Waals surface area contributed by atoms with Crippen LogP contribution >= 0.6 is 0 Å². The zero-order valence-corrected chi connectivity index (χ0v) is 8.21. The first-order valence-electron chi connectivity index (χ1n) is 4.06. The van der Waals surface area contributed by atoms with Gasteiger partial charge in [0.25, 0.3) is 0 Å². The second kappa shape index (κ2) is 6.87. The molecule has 14 heavy (non-hydrogen) atoms. The summed E-state index contributed by atoms with van der Waals surface area (Å²) < 4.78 is 9.73. The van der Waals surface area contributed by atoms with E-state index >= 15 is 0 Å². The van der Waals surface area contributed by atoms with Gasteiger partial charge >= 0.3 is 5.97 Å². The molecule has 0 rings (SSSR count). The minimum Gasteiger partial charge on any atom is -0.459 e. The van der Waals surface area contributed by atoms with Crippen molar-refractivity contribution in [2.45, 2.75) is 6.92 Å². The van der Waals surface area contributed by atoms with Gasteiger partial charge in [0.1, 0.15) is 18.2 Å². The van der Waals surface area contributed by atoms with Crippen molar-refractivity contribution in [3.63, 3.8) is 0 Å². The van der Waals surface area contributed by atoms with Crippen molar-refractivity contribution in [3.05, 3.63) is 24.3 Å². The zero-order valence-electron chi connectivity index (χ0n) is 8.21. The van der Waals surface area contributed by atoms with Crippen LogP contribution in [-0.2, 0) is 14.3 Å². The Morgan fingerprint density at radius 3 is 2.57 bits per heavy atom. The van der Waals surface area contributed by atoms with E-state index in [1.807, 2.05) is 6.92 Å². The molecule has 0 unspecified atom stereocenters. The highest BCUT2D eigenvalue weighted by atomic mass is 16.6. The number of nitrogens with zero attached hydrogens (tertiary/aromatic N) is 1. The Kier molecular flexibility index (Phi) is 6.08. The number of ether oxygens (including phenoxy) is 2. The minimum absolute atomic E-state index is 0.118. The highest BCUT2D eigenvalue weighted by molar-refractivity contribution is 5.91. The minimum atomic E-state index is -0.702. The lowest BCUT2D eigenvalue weighted by atomic mass is 10.3. The molecule has 0 atom stereocenters. The molecule has 0 fully saturated rings. The third kappa shape index (κ3) is 5.98. The molecule has 0 saturated heterocycles. The number of nitriles is 1. The zero-order chi connectivity index (χ0) is 11.0. The number of rotatable bonds is 6. The first-order valence-corrected chi connectivity index (χ1v) is 4.06. The maximum absolute atomic E-state index is 10.9. The van der Waals surface area contributed by atoms with Crippen LogP contribution in [0.3, 0.4) is 0 Å². The molecule has 0 aromatic rings. The van der Waals surface area contributed by atoms with Gasteiger partial charge in [0, 0.05) is 0 Å². The smallest absolute Gasteiger partial charge is 0.348 e. The summed E-state index contributed by atoms with van der Waals surface area (Å²) in [5, 5.41) is 8.29. The van der Waals surface area contributed by atoms with Crippen molar-refractivity contribution in [1.29, 1.82) is 5.26 Å². The molecule has 4 nitrogen and oxygen atoms in total. The standard InChI is InChI=1S/C10H13NO3/c1-8(2)7-13-4-5-14-10(12)9(3)6-11/h1,3-5,7H2,2H3. The average molecular weight is 195 g/mol. The summed E-state index contributed by atoms with van der Waals surface area (Å²) in [7, 11) is 0. The van der Waals surface area contributed by atoms with Gasteiger partial charge in [0.15, 0.2) is 0 Å². The van der Waals surface area contributed by atoms with Crippen molar-refractivity contribution < 1.29 is 14.3 Å². The molecular formula is C10H13NO3. The number of hydrogen-bond acceptors (Lipinski definition) is 4. The Hall–Kier alpha value is -1.60. The maximum Gasteiger partial charge on any atom is 0.348 e. The summed E-state index contributed by atoms with van der Waals surface area (Å²) in [6.45, 7) is 9.53. The highest BCUT2D eigenvalue weighted by Crippen LogP contribution is 1.93. The van der Waals surface area contributed by atoms with Gasteiger partial charge in [-0.25, -0.2) is 4.79 Å².